The zero-order chi connectivity index (χ0) is 18.0. The van der Waals surface area contributed by atoms with Crippen LogP contribution in [0.3, 0.4) is 0 Å². The molecule has 0 aromatic heterocycles. The Morgan fingerprint density at radius 2 is 2.08 bits per heavy atom. The van der Waals surface area contributed by atoms with Gasteiger partial charge in [0.1, 0.15) is 5.60 Å². The lowest BCUT2D eigenvalue weighted by atomic mass is 9.89. The van der Waals surface area contributed by atoms with Crippen molar-refractivity contribution in [3.8, 4) is 0 Å². The Kier molecular flexibility index (Phi) is 5.84. The Hall–Kier alpha value is -1.23. The van der Waals surface area contributed by atoms with E-state index in [1.54, 1.807) is 13.8 Å². The lowest BCUT2D eigenvalue weighted by Gasteiger charge is -2.24. The predicted octanol–water partition coefficient (Wildman–Crippen LogP) is 3.24. The van der Waals surface area contributed by atoms with Gasteiger partial charge in [0.05, 0.1) is 18.3 Å². The van der Waals surface area contributed by atoms with Gasteiger partial charge in [0.25, 0.3) is 0 Å². The molecule has 1 saturated heterocycles. The zero-order valence-corrected chi connectivity index (χ0v) is 15.3. The van der Waals surface area contributed by atoms with Crippen molar-refractivity contribution < 1.29 is 19.7 Å². The average Bonchev–Trinajstić information content (AvgIpc) is 3.18. The van der Waals surface area contributed by atoms with E-state index in [-0.39, 0.29) is 11.4 Å². The molecule has 0 spiro atoms. The minimum atomic E-state index is -1.39. The van der Waals surface area contributed by atoms with E-state index in [0.717, 1.165) is 25.7 Å². The number of hydrogen-bond donors (Lipinski definition) is 2. The van der Waals surface area contributed by atoms with Crippen LogP contribution in [0.25, 0.3) is 0 Å². The molecule has 1 aliphatic heterocycles. The van der Waals surface area contributed by atoms with E-state index in [0.29, 0.717) is 23.7 Å². The Balaban J connectivity index is 2.28. The number of epoxide rings is 1. The number of aliphatic hydroxyl groups is 2. The van der Waals surface area contributed by atoms with Crippen LogP contribution in [0, 0.1) is 0 Å². The molecule has 0 bridgehead atoms. The summed E-state index contributed by atoms with van der Waals surface area (Å²) in [5, 5.41) is 19.8. The van der Waals surface area contributed by atoms with Crippen molar-refractivity contribution in [2.45, 2.75) is 77.1 Å². The van der Waals surface area contributed by atoms with Crippen LogP contribution in [0.1, 0.15) is 59.8 Å². The minimum absolute atomic E-state index is 0.0498. The molecule has 4 nitrogen and oxygen atoms in total. The lowest BCUT2D eigenvalue weighted by Crippen LogP contribution is -2.32. The highest BCUT2D eigenvalue weighted by Crippen LogP contribution is 2.43. The van der Waals surface area contributed by atoms with Crippen LogP contribution in [0.5, 0.6) is 0 Å². The highest BCUT2D eigenvalue weighted by atomic mass is 16.6. The van der Waals surface area contributed by atoms with Gasteiger partial charge < -0.3 is 14.9 Å². The fourth-order valence-electron chi connectivity index (χ4n) is 3.10. The second-order valence-corrected chi connectivity index (χ2v) is 7.60. The molecule has 0 aromatic carbocycles. The third-order valence-electron chi connectivity index (χ3n) is 5.29. The van der Waals surface area contributed by atoms with Gasteiger partial charge in [-0.15, -0.1) is 0 Å². The van der Waals surface area contributed by atoms with E-state index in [1.807, 2.05) is 12.2 Å². The number of carbonyl (C=O) groups is 1. The molecule has 24 heavy (non-hydrogen) atoms. The van der Waals surface area contributed by atoms with Gasteiger partial charge in [0.15, 0.2) is 5.78 Å². The normalized spacial score (nSPS) is 34.0. The van der Waals surface area contributed by atoms with E-state index in [2.05, 4.69) is 13.8 Å². The smallest absolute Gasteiger partial charge is 0.181 e. The average molecular weight is 334 g/mol. The first-order chi connectivity index (χ1) is 11.2. The molecule has 2 aliphatic rings. The van der Waals surface area contributed by atoms with Crippen molar-refractivity contribution in [1.82, 2.24) is 0 Å². The van der Waals surface area contributed by atoms with E-state index >= 15 is 0 Å². The molecule has 134 valence electrons. The van der Waals surface area contributed by atoms with E-state index in [9.17, 15) is 15.0 Å². The number of allylic oxidation sites excluding steroid dienone is 5. The third kappa shape index (κ3) is 4.65. The molecule has 1 aliphatic carbocycles. The maximum absolute atomic E-state index is 12.4. The standard InChI is InChI=1S/C20H30O4/c1-14-7-9-16(19(3,23)13-21)12-17(22)15(2)6-5-11-20(4)18(24-20)10-8-14/h6-7,12,18,21,23H,5,8-11,13H2,1-4H3/b14-7+,15-6?,16-12?. The Morgan fingerprint density at radius 1 is 1.38 bits per heavy atom. The molecule has 0 aromatic rings. The Morgan fingerprint density at radius 3 is 2.75 bits per heavy atom. The molecule has 0 radical (unpaired) electrons. The van der Waals surface area contributed by atoms with Crippen molar-refractivity contribution in [2.75, 3.05) is 6.61 Å². The van der Waals surface area contributed by atoms with Gasteiger partial charge in [-0.05, 0) is 77.0 Å². The first kappa shape index (κ1) is 19.1. The summed E-state index contributed by atoms with van der Waals surface area (Å²) in [6, 6.07) is 0. The summed E-state index contributed by atoms with van der Waals surface area (Å²) < 4.78 is 5.86. The van der Waals surface area contributed by atoms with Gasteiger partial charge in [0, 0.05) is 0 Å². The summed E-state index contributed by atoms with van der Waals surface area (Å²) in [5.41, 5.74) is 0.990. The van der Waals surface area contributed by atoms with Crippen LogP contribution in [-0.2, 0) is 9.53 Å². The molecule has 1 heterocycles. The summed E-state index contributed by atoms with van der Waals surface area (Å²) >= 11 is 0. The number of fused-ring (bicyclic) bond motifs is 1. The minimum Gasteiger partial charge on any atom is -0.393 e. The molecule has 0 amide bonds. The van der Waals surface area contributed by atoms with Crippen molar-refractivity contribution >= 4 is 5.78 Å². The van der Waals surface area contributed by atoms with Crippen LogP contribution in [0.2, 0.25) is 0 Å². The molecular weight excluding hydrogens is 304 g/mol. The lowest BCUT2D eigenvalue weighted by molar-refractivity contribution is -0.111. The zero-order valence-electron chi connectivity index (χ0n) is 15.3. The second kappa shape index (κ2) is 7.34. The topological polar surface area (TPSA) is 70.1 Å². The summed E-state index contributed by atoms with van der Waals surface area (Å²) in [6.07, 6.45) is 9.87. The van der Waals surface area contributed by atoms with Crippen LogP contribution in [-0.4, -0.2) is 39.9 Å². The van der Waals surface area contributed by atoms with Crippen LogP contribution < -0.4 is 0 Å². The second-order valence-electron chi connectivity index (χ2n) is 7.60. The monoisotopic (exact) mass is 334 g/mol. The highest BCUT2D eigenvalue weighted by Gasteiger charge is 2.50. The van der Waals surface area contributed by atoms with E-state index < -0.39 is 12.2 Å². The predicted molar refractivity (Wildman–Crippen MR) is 94.7 cm³/mol. The summed E-state index contributed by atoms with van der Waals surface area (Å²) in [6.45, 7) is 7.13. The van der Waals surface area contributed by atoms with Crippen molar-refractivity contribution in [1.29, 1.82) is 0 Å². The highest BCUT2D eigenvalue weighted by molar-refractivity contribution is 6.04. The fourth-order valence-corrected chi connectivity index (χ4v) is 3.10. The molecule has 0 saturated carbocycles. The maximum Gasteiger partial charge on any atom is 0.181 e. The molecule has 2 N–H and O–H groups in total. The van der Waals surface area contributed by atoms with E-state index in [4.69, 9.17) is 4.74 Å². The fraction of sp³-hybridized carbons (Fsp3) is 0.650. The van der Waals surface area contributed by atoms with Gasteiger partial charge in [-0.2, -0.15) is 0 Å². The maximum atomic E-state index is 12.4. The number of ketones is 1. The number of carbonyl (C=O) groups excluding carboxylic acids is 1. The van der Waals surface area contributed by atoms with Crippen molar-refractivity contribution in [2.24, 2.45) is 0 Å². The first-order valence-electron chi connectivity index (χ1n) is 8.77. The van der Waals surface area contributed by atoms with Crippen molar-refractivity contribution in [3.63, 3.8) is 0 Å². The van der Waals surface area contributed by atoms with Crippen LogP contribution in [0.15, 0.2) is 34.9 Å². The quantitative estimate of drug-likeness (QED) is 0.601. The number of rotatable bonds is 2. The van der Waals surface area contributed by atoms with Gasteiger partial charge in [-0.3, -0.25) is 4.79 Å². The molecule has 3 unspecified atom stereocenters. The third-order valence-corrected chi connectivity index (χ3v) is 5.29. The molecule has 1 fully saturated rings. The van der Waals surface area contributed by atoms with Crippen LogP contribution >= 0.6 is 0 Å². The molecule has 3 atom stereocenters. The van der Waals surface area contributed by atoms with Crippen LogP contribution in [0.4, 0.5) is 0 Å². The van der Waals surface area contributed by atoms with Gasteiger partial charge in [-0.1, -0.05) is 17.7 Å². The van der Waals surface area contributed by atoms with Crippen molar-refractivity contribution in [3.05, 3.63) is 34.9 Å². The molecule has 4 heteroatoms. The van der Waals surface area contributed by atoms with Gasteiger partial charge in [-0.25, -0.2) is 0 Å². The SMILES string of the molecule is CC1=CCCC2(C)OC2CC/C(C)=C/CC(C(C)(O)CO)=CC1=O. The summed E-state index contributed by atoms with van der Waals surface area (Å²) in [4.78, 5) is 12.4. The van der Waals surface area contributed by atoms with E-state index in [1.165, 1.54) is 11.6 Å². The number of ether oxygens (including phenoxy) is 1. The summed E-state index contributed by atoms with van der Waals surface area (Å²) in [7, 11) is 0. The number of aliphatic hydroxyl groups excluding tert-OH is 1. The summed E-state index contributed by atoms with van der Waals surface area (Å²) in [5.74, 6) is -0.111. The van der Waals surface area contributed by atoms with Gasteiger partial charge in [0.2, 0.25) is 0 Å². The molecular formula is C20H30O4. The Bertz CT molecular complexity index is 582. The Labute approximate surface area is 144 Å². The first-order valence-corrected chi connectivity index (χ1v) is 8.77. The number of hydrogen-bond acceptors (Lipinski definition) is 4. The van der Waals surface area contributed by atoms with Gasteiger partial charge >= 0.3 is 0 Å². The largest absolute Gasteiger partial charge is 0.393 e. The molecule has 2 rings (SSSR count).